The Morgan fingerprint density at radius 3 is 2.20 bits per heavy atom. The Balaban J connectivity index is 2.02. The van der Waals surface area contributed by atoms with Crippen LogP contribution in [0.1, 0.15) is 64.0 Å². The average molecular weight is 275 g/mol. The van der Waals surface area contributed by atoms with Crippen molar-refractivity contribution in [3.63, 3.8) is 0 Å². The van der Waals surface area contributed by atoms with Crippen molar-refractivity contribution in [2.45, 2.75) is 64.5 Å². The lowest BCUT2D eigenvalue weighted by Gasteiger charge is -2.39. The van der Waals surface area contributed by atoms with E-state index in [1.165, 1.54) is 37.7 Å². The monoisotopic (exact) mass is 275 g/mol. The van der Waals surface area contributed by atoms with Gasteiger partial charge < -0.3 is 5.11 Å². The number of aromatic hydroxyl groups is 1. The van der Waals surface area contributed by atoms with Crippen molar-refractivity contribution < 1.29 is 5.11 Å². The lowest BCUT2D eigenvalue weighted by Crippen LogP contribution is -2.37. The summed E-state index contributed by atoms with van der Waals surface area (Å²) >= 11 is 0. The molecule has 1 aromatic carbocycles. The van der Waals surface area contributed by atoms with Crippen LogP contribution in [-0.4, -0.2) is 23.1 Å². The van der Waals surface area contributed by atoms with E-state index < -0.39 is 0 Å². The predicted octanol–water partition coefficient (Wildman–Crippen LogP) is 4.74. The summed E-state index contributed by atoms with van der Waals surface area (Å²) in [4.78, 5) is 2.57. The third kappa shape index (κ3) is 3.54. The second-order valence-corrected chi connectivity index (χ2v) is 6.26. The van der Waals surface area contributed by atoms with Gasteiger partial charge in [0.25, 0.3) is 0 Å². The Bertz CT molecular complexity index is 392. The molecule has 0 saturated heterocycles. The SMILES string of the molecule is CCC1CCC(N(C)C(CC)c2ccc(O)cc2)CC1. The van der Waals surface area contributed by atoms with Crippen LogP contribution in [0.2, 0.25) is 0 Å². The first-order valence-corrected chi connectivity index (χ1v) is 8.16. The zero-order chi connectivity index (χ0) is 14.5. The molecule has 2 nitrogen and oxygen atoms in total. The summed E-state index contributed by atoms with van der Waals surface area (Å²) in [5.41, 5.74) is 1.32. The highest BCUT2D eigenvalue weighted by Crippen LogP contribution is 2.34. The normalized spacial score (nSPS) is 24.8. The molecule has 0 radical (unpaired) electrons. The van der Waals surface area contributed by atoms with Gasteiger partial charge >= 0.3 is 0 Å². The van der Waals surface area contributed by atoms with Gasteiger partial charge in [0, 0.05) is 12.1 Å². The molecule has 2 heteroatoms. The van der Waals surface area contributed by atoms with Crippen LogP contribution in [0.25, 0.3) is 0 Å². The van der Waals surface area contributed by atoms with E-state index >= 15 is 0 Å². The van der Waals surface area contributed by atoms with Crippen molar-refractivity contribution in [3.05, 3.63) is 29.8 Å². The van der Waals surface area contributed by atoms with E-state index in [2.05, 4.69) is 37.9 Å². The van der Waals surface area contributed by atoms with Crippen molar-refractivity contribution in [3.8, 4) is 5.75 Å². The Hall–Kier alpha value is -1.02. The van der Waals surface area contributed by atoms with Gasteiger partial charge in [-0.3, -0.25) is 4.90 Å². The first-order chi connectivity index (χ1) is 9.65. The number of nitrogens with zero attached hydrogens (tertiary/aromatic N) is 1. The molecule has 1 unspecified atom stereocenters. The highest BCUT2D eigenvalue weighted by molar-refractivity contribution is 5.28. The van der Waals surface area contributed by atoms with Crippen LogP contribution >= 0.6 is 0 Å². The Morgan fingerprint density at radius 2 is 1.70 bits per heavy atom. The van der Waals surface area contributed by atoms with E-state index in [0.717, 1.165) is 18.4 Å². The van der Waals surface area contributed by atoms with E-state index in [0.29, 0.717) is 11.8 Å². The molecule has 0 amide bonds. The van der Waals surface area contributed by atoms with Crippen LogP contribution < -0.4 is 0 Å². The Labute approximate surface area is 123 Å². The molecule has 1 N–H and O–H groups in total. The zero-order valence-electron chi connectivity index (χ0n) is 13.2. The van der Waals surface area contributed by atoms with Crippen molar-refractivity contribution in [2.75, 3.05) is 7.05 Å². The minimum absolute atomic E-state index is 0.356. The van der Waals surface area contributed by atoms with E-state index in [4.69, 9.17) is 0 Å². The molecule has 0 bridgehead atoms. The van der Waals surface area contributed by atoms with Crippen LogP contribution in [0.4, 0.5) is 0 Å². The van der Waals surface area contributed by atoms with Crippen molar-refractivity contribution >= 4 is 0 Å². The standard InChI is InChI=1S/C18H29NO/c1-4-14-6-10-16(11-7-14)19(3)18(5-2)15-8-12-17(20)13-9-15/h8-9,12-14,16,18,20H,4-7,10-11H2,1-3H3. The molecule has 0 heterocycles. The van der Waals surface area contributed by atoms with Gasteiger partial charge in [-0.1, -0.05) is 32.4 Å². The van der Waals surface area contributed by atoms with Gasteiger partial charge in [-0.2, -0.15) is 0 Å². The third-order valence-corrected chi connectivity index (χ3v) is 5.13. The third-order valence-electron chi connectivity index (χ3n) is 5.13. The van der Waals surface area contributed by atoms with Crippen LogP contribution in [0.5, 0.6) is 5.75 Å². The molecular weight excluding hydrogens is 246 g/mol. The van der Waals surface area contributed by atoms with Crippen LogP contribution in [0, 0.1) is 5.92 Å². The molecule has 1 aliphatic rings. The predicted molar refractivity (Wildman–Crippen MR) is 84.9 cm³/mol. The first-order valence-electron chi connectivity index (χ1n) is 8.16. The van der Waals surface area contributed by atoms with E-state index in [-0.39, 0.29) is 0 Å². The zero-order valence-corrected chi connectivity index (χ0v) is 13.2. The highest BCUT2D eigenvalue weighted by Gasteiger charge is 2.27. The fraction of sp³-hybridized carbons (Fsp3) is 0.667. The maximum Gasteiger partial charge on any atom is 0.115 e. The number of phenolic OH excluding ortho intramolecular Hbond substituents is 1. The number of phenols is 1. The Kier molecular flexibility index (Phi) is 5.47. The quantitative estimate of drug-likeness (QED) is 0.838. The molecule has 2 rings (SSSR count). The van der Waals surface area contributed by atoms with Gasteiger partial charge in [-0.25, -0.2) is 0 Å². The minimum atomic E-state index is 0.356. The van der Waals surface area contributed by atoms with E-state index in [1.54, 1.807) is 12.1 Å². The minimum Gasteiger partial charge on any atom is -0.508 e. The average Bonchev–Trinajstić information content (AvgIpc) is 2.50. The summed E-state index contributed by atoms with van der Waals surface area (Å²) in [5.74, 6) is 1.31. The van der Waals surface area contributed by atoms with Gasteiger partial charge in [0.2, 0.25) is 0 Å². The molecular formula is C18H29NO. The number of hydrogen-bond donors (Lipinski definition) is 1. The molecule has 0 spiro atoms. The molecule has 1 atom stereocenters. The van der Waals surface area contributed by atoms with Gasteiger partial charge in [0.1, 0.15) is 5.75 Å². The number of rotatable bonds is 5. The highest BCUT2D eigenvalue weighted by atomic mass is 16.3. The van der Waals surface area contributed by atoms with Crippen molar-refractivity contribution in [1.29, 1.82) is 0 Å². The number of benzene rings is 1. The molecule has 0 aliphatic heterocycles. The summed E-state index contributed by atoms with van der Waals surface area (Å²) in [6, 6.07) is 8.94. The largest absolute Gasteiger partial charge is 0.508 e. The summed E-state index contributed by atoms with van der Waals surface area (Å²) in [5, 5.41) is 9.44. The molecule has 1 aliphatic carbocycles. The van der Waals surface area contributed by atoms with E-state index in [1.807, 2.05) is 0 Å². The summed E-state index contributed by atoms with van der Waals surface area (Å²) in [6.45, 7) is 4.58. The lowest BCUT2D eigenvalue weighted by molar-refractivity contribution is 0.116. The van der Waals surface area contributed by atoms with Gasteiger partial charge in [0.05, 0.1) is 0 Å². The number of hydrogen-bond acceptors (Lipinski definition) is 2. The van der Waals surface area contributed by atoms with Crippen LogP contribution in [0.3, 0.4) is 0 Å². The first kappa shape index (κ1) is 15.4. The molecule has 112 valence electrons. The summed E-state index contributed by atoms with van der Waals surface area (Å²) < 4.78 is 0. The second kappa shape index (κ2) is 7.12. The maximum atomic E-state index is 9.44. The molecule has 1 aromatic rings. The van der Waals surface area contributed by atoms with Gasteiger partial charge in [-0.15, -0.1) is 0 Å². The van der Waals surface area contributed by atoms with Crippen molar-refractivity contribution in [2.24, 2.45) is 5.92 Å². The van der Waals surface area contributed by atoms with Crippen LogP contribution in [0.15, 0.2) is 24.3 Å². The molecule has 20 heavy (non-hydrogen) atoms. The summed E-state index contributed by atoms with van der Waals surface area (Å²) in [7, 11) is 2.28. The van der Waals surface area contributed by atoms with E-state index in [9.17, 15) is 5.11 Å². The fourth-order valence-corrected chi connectivity index (χ4v) is 3.67. The second-order valence-electron chi connectivity index (χ2n) is 6.26. The Morgan fingerprint density at radius 1 is 1.10 bits per heavy atom. The smallest absolute Gasteiger partial charge is 0.115 e. The van der Waals surface area contributed by atoms with Crippen molar-refractivity contribution in [1.82, 2.24) is 4.90 Å². The van der Waals surface area contributed by atoms with Gasteiger partial charge in [-0.05, 0) is 62.8 Å². The summed E-state index contributed by atoms with van der Waals surface area (Å²) in [6.07, 6.45) is 7.91. The lowest BCUT2D eigenvalue weighted by atomic mass is 9.83. The van der Waals surface area contributed by atoms with Crippen LogP contribution in [-0.2, 0) is 0 Å². The maximum absolute atomic E-state index is 9.44. The molecule has 1 saturated carbocycles. The topological polar surface area (TPSA) is 23.5 Å². The van der Waals surface area contributed by atoms with Gasteiger partial charge in [0.15, 0.2) is 0 Å². The molecule has 1 fully saturated rings. The molecule has 0 aromatic heterocycles. The fourth-order valence-electron chi connectivity index (χ4n) is 3.67.